The van der Waals surface area contributed by atoms with Crippen LogP contribution >= 0.6 is 0 Å². The molecule has 8 atom stereocenters. The number of nitrogens with zero attached hydrogens (tertiary/aromatic N) is 3. The fraction of sp³-hybridized carbons (Fsp3) is 0.500. The van der Waals surface area contributed by atoms with E-state index in [0.717, 1.165) is 0 Å². The lowest BCUT2D eigenvalue weighted by Gasteiger charge is -2.32. The number of rotatable bonds is 27. The highest BCUT2D eigenvalue weighted by molar-refractivity contribution is 5.98. The van der Waals surface area contributed by atoms with Gasteiger partial charge in [0.15, 0.2) is 5.96 Å². The van der Waals surface area contributed by atoms with Crippen molar-refractivity contribution in [2.75, 3.05) is 19.6 Å². The van der Waals surface area contributed by atoms with Crippen molar-refractivity contribution >= 4 is 53.3 Å². The fourth-order valence-corrected chi connectivity index (χ4v) is 8.01. The maximum atomic E-state index is 14.5. The summed E-state index contributed by atoms with van der Waals surface area (Å²) in [6, 6.07) is 6.12. The number of carboxylic acids is 1. The van der Waals surface area contributed by atoms with Gasteiger partial charge >= 0.3 is 5.97 Å². The molecule has 1 saturated heterocycles. The molecule has 0 bridgehead atoms. The predicted octanol–water partition coefficient (Wildman–Crippen LogP) is -1.16. The molecular weight excluding hydrogens is 919 g/mol. The first-order valence-electron chi connectivity index (χ1n) is 23.7. The van der Waals surface area contributed by atoms with Crippen molar-refractivity contribution in [1.82, 2.24) is 46.8 Å². The van der Waals surface area contributed by atoms with E-state index in [4.69, 9.17) is 17.2 Å². The number of aromatic hydroxyl groups is 1. The Morgan fingerprint density at radius 2 is 1.39 bits per heavy atom. The third-order valence-electron chi connectivity index (χ3n) is 12.2. The largest absolute Gasteiger partial charge is 0.508 e. The molecule has 1 aliphatic rings. The minimum absolute atomic E-state index is 0.0126. The average molecular weight is 988 g/mol. The third-order valence-corrected chi connectivity index (χ3v) is 12.2. The van der Waals surface area contributed by atoms with Crippen LogP contribution < -0.4 is 49.1 Å². The van der Waals surface area contributed by atoms with Crippen LogP contribution in [0.2, 0.25) is 0 Å². The van der Waals surface area contributed by atoms with E-state index in [-0.39, 0.29) is 63.3 Å². The molecule has 1 fully saturated rings. The molecule has 2 heterocycles. The number of aromatic nitrogens is 2. The van der Waals surface area contributed by atoms with Crippen molar-refractivity contribution in [3.63, 3.8) is 0 Å². The zero-order chi connectivity index (χ0) is 52.2. The minimum Gasteiger partial charge on any atom is -0.508 e. The van der Waals surface area contributed by atoms with Crippen molar-refractivity contribution < 1.29 is 48.6 Å². The van der Waals surface area contributed by atoms with E-state index >= 15 is 0 Å². The molecule has 1 aliphatic heterocycles. The Morgan fingerprint density at radius 3 is 2.00 bits per heavy atom. The van der Waals surface area contributed by atoms with Crippen LogP contribution in [0.4, 0.5) is 0 Å². The standard InChI is InChI=1S/C48H69N13O10/c1-5-28(4)40(45(68)57-35(23-31-25-52-26-54-31)46(69)61-20-10-14-37(61)43(66)58-36(47(70)71)22-29-11-7-6-8-12-29)60-42(65)34(21-30-15-17-32(62)18-16-30)56-44(67)39(27(2)3)59-41(64)33(55-38(63)24-49)13-9-19-53-48(50)51/h6-8,11-12,15-18,25-28,33-37,39-40,62H,5,9-10,13-14,19-24,49H2,1-4H3,(H,52,54)(H,55,63)(H,56,67)(H,57,68)(H,58,66)(H,59,64)(H,60,65)(H,70,71)(H4,50,51,53)/t28-,33-,34-,35-,36-,37-,39-,40-/m0/s1. The summed E-state index contributed by atoms with van der Waals surface area (Å²) in [7, 11) is 0. The summed E-state index contributed by atoms with van der Waals surface area (Å²) in [4.78, 5) is 122. The molecule has 0 unspecified atom stereocenters. The van der Waals surface area contributed by atoms with Crippen LogP contribution in [0, 0.1) is 11.8 Å². The summed E-state index contributed by atoms with van der Waals surface area (Å²) in [6.45, 7) is 6.77. The van der Waals surface area contributed by atoms with Crippen molar-refractivity contribution in [2.45, 2.75) is 121 Å². The summed E-state index contributed by atoms with van der Waals surface area (Å²) in [6.07, 6.45) is 4.11. The summed E-state index contributed by atoms with van der Waals surface area (Å²) < 4.78 is 0. The molecule has 3 aromatic rings. The molecule has 1 aromatic heterocycles. The van der Waals surface area contributed by atoms with Gasteiger partial charge < -0.3 is 69.2 Å². The normalized spacial score (nSPS) is 16.2. The first-order chi connectivity index (χ1) is 33.8. The van der Waals surface area contributed by atoms with Gasteiger partial charge in [0.1, 0.15) is 48.0 Å². The van der Waals surface area contributed by atoms with Crippen LogP contribution in [0.3, 0.4) is 0 Å². The lowest BCUT2D eigenvalue weighted by molar-refractivity contribution is -0.145. The summed E-state index contributed by atoms with van der Waals surface area (Å²) in [5, 5.41) is 36.2. The number of aliphatic carboxylic acids is 1. The number of nitrogens with two attached hydrogens (primary N) is 3. The number of hydrogen-bond acceptors (Lipinski definition) is 12. The zero-order valence-electron chi connectivity index (χ0n) is 40.6. The molecule has 0 spiro atoms. The van der Waals surface area contributed by atoms with Gasteiger partial charge in [-0.05, 0) is 60.8 Å². The number of amides is 7. The molecular formula is C48H69N13O10. The molecule has 71 heavy (non-hydrogen) atoms. The molecule has 15 N–H and O–H groups in total. The van der Waals surface area contributed by atoms with Gasteiger partial charge in [-0.15, -0.1) is 0 Å². The van der Waals surface area contributed by atoms with E-state index in [9.17, 15) is 48.6 Å². The van der Waals surface area contributed by atoms with Crippen molar-refractivity contribution in [2.24, 2.45) is 34.0 Å². The monoisotopic (exact) mass is 988 g/mol. The minimum atomic E-state index is -1.36. The first kappa shape index (κ1) is 56.0. The van der Waals surface area contributed by atoms with E-state index in [0.29, 0.717) is 29.7 Å². The molecule has 0 aliphatic carbocycles. The number of carbonyl (C=O) groups excluding carboxylic acids is 7. The maximum absolute atomic E-state index is 14.5. The van der Waals surface area contributed by atoms with Gasteiger partial charge in [0, 0.05) is 44.2 Å². The number of hydrogen-bond donors (Lipinski definition) is 12. The number of phenols is 1. The van der Waals surface area contributed by atoms with Gasteiger partial charge in [0.2, 0.25) is 41.4 Å². The van der Waals surface area contributed by atoms with Crippen molar-refractivity contribution in [3.8, 4) is 5.75 Å². The molecule has 0 saturated carbocycles. The number of guanidine groups is 1. The maximum Gasteiger partial charge on any atom is 0.326 e. The van der Waals surface area contributed by atoms with Crippen molar-refractivity contribution in [3.05, 3.63) is 83.9 Å². The highest BCUT2D eigenvalue weighted by atomic mass is 16.4. The Labute approximate surface area is 412 Å². The SMILES string of the molecule is CC[C@H](C)[C@H](NC(=O)[C@H](Cc1ccc(O)cc1)NC(=O)[C@@H](NC(=O)[C@H](CCCN=C(N)N)NC(=O)CN)C(C)C)C(=O)N[C@@H](Cc1cnc[nH]1)C(=O)N1CCC[C@H]1C(=O)N[C@@H](Cc1ccccc1)C(=O)O. The molecule has 23 nitrogen and oxygen atoms in total. The Bertz CT molecular complexity index is 2290. The quantitative estimate of drug-likeness (QED) is 0.0244. The fourth-order valence-electron chi connectivity index (χ4n) is 8.01. The van der Waals surface area contributed by atoms with Gasteiger partial charge in [-0.3, -0.25) is 38.6 Å². The van der Waals surface area contributed by atoms with Crippen LogP contribution in [-0.2, 0) is 57.6 Å². The van der Waals surface area contributed by atoms with E-state index in [1.54, 1.807) is 70.2 Å². The van der Waals surface area contributed by atoms with E-state index < -0.39 is 108 Å². The predicted molar refractivity (Wildman–Crippen MR) is 261 cm³/mol. The van der Waals surface area contributed by atoms with E-state index in [1.807, 2.05) is 0 Å². The molecule has 0 radical (unpaired) electrons. The second kappa shape index (κ2) is 27.6. The number of carboxylic acid groups (broad SMARTS) is 1. The zero-order valence-corrected chi connectivity index (χ0v) is 40.6. The van der Waals surface area contributed by atoms with Crippen molar-refractivity contribution in [1.29, 1.82) is 0 Å². The number of carbonyl (C=O) groups is 8. The lowest BCUT2D eigenvalue weighted by atomic mass is 9.96. The molecule has 386 valence electrons. The van der Waals surface area contributed by atoms with Crippen LogP contribution in [-0.4, -0.2) is 140 Å². The average Bonchev–Trinajstić information content (AvgIpc) is 4.06. The highest BCUT2D eigenvalue weighted by Gasteiger charge is 2.41. The van der Waals surface area contributed by atoms with Gasteiger partial charge in [0.05, 0.1) is 12.9 Å². The smallest absolute Gasteiger partial charge is 0.326 e. The number of nitrogens with one attached hydrogen (secondary N) is 7. The second-order valence-corrected chi connectivity index (χ2v) is 17.9. The number of phenolic OH excluding ortho intramolecular Hbond substituents is 1. The Kier molecular flexibility index (Phi) is 21.8. The van der Waals surface area contributed by atoms with E-state index in [2.05, 4.69) is 46.9 Å². The van der Waals surface area contributed by atoms with Gasteiger partial charge in [-0.25, -0.2) is 9.78 Å². The van der Waals surface area contributed by atoms with Gasteiger partial charge in [-0.2, -0.15) is 0 Å². The molecule has 4 rings (SSSR count). The molecule has 2 aromatic carbocycles. The highest BCUT2D eigenvalue weighted by Crippen LogP contribution is 2.21. The van der Waals surface area contributed by atoms with Crippen LogP contribution in [0.15, 0.2) is 72.1 Å². The molecule has 7 amide bonds. The van der Waals surface area contributed by atoms with Crippen LogP contribution in [0.1, 0.15) is 76.6 Å². The Balaban J connectivity index is 1.58. The lowest BCUT2D eigenvalue weighted by Crippen LogP contribution is -2.62. The van der Waals surface area contributed by atoms with Gasteiger partial charge in [-0.1, -0.05) is 76.6 Å². The van der Waals surface area contributed by atoms with Crippen LogP contribution in [0.5, 0.6) is 5.75 Å². The number of aliphatic imine (C=N–C) groups is 1. The van der Waals surface area contributed by atoms with Gasteiger partial charge in [0.25, 0.3) is 0 Å². The van der Waals surface area contributed by atoms with E-state index in [1.165, 1.54) is 29.6 Å². The third kappa shape index (κ3) is 17.4. The number of H-pyrrole nitrogens is 1. The Morgan fingerprint density at radius 1 is 0.775 bits per heavy atom. The summed E-state index contributed by atoms with van der Waals surface area (Å²) in [5.74, 6) is -7.40. The summed E-state index contributed by atoms with van der Waals surface area (Å²) in [5.41, 5.74) is 18.0. The second-order valence-electron chi connectivity index (χ2n) is 17.9. The Hall–Kier alpha value is -7.56. The van der Waals surface area contributed by atoms with Crippen LogP contribution in [0.25, 0.3) is 0 Å². The molecule has 23 heteroatoms. The number of aromatic amines is 1. The topological polar surface area (TPSA) is 372 Å². The first-order valence-corrected chi connectivity index (χ1v) is 23.7. The number of imidazole rings is 1. The number of likely N-dealkylation sites (tertiary alicyclic amines) is 1. The number of benzene rings is 2. The summed E-state index contributed by atoms with van der Waals surface area (Å²) >= 11 is 0.